The predicted molar refractivity (Wildman–Crippen MR) is 225 cm³/mol. The summed E-state index contributed by atoms with van der Waals surface area (Å²) in [5.74, 6) is 0.661. The van der Waals surface area contributed by atoms with Crippen molar-refractivity contribution < 1.29 is 37.8 Å². The van der Waals surface area contributed by atoms with Crippen LogP contribution in [0.4, 0.5) is 11.6 Å². The van der Waals surface area contributed by atoms with Gasteiger partial charge in [0.1, 0.15) is 11.5 Å². The number of nitrogens with one attached hydrogen (secondary N) is 1. The number of methoxy groups -OCH3 is 2. The minimum absolute atomic E-state index is 0.0160. The number of likely N-dealkylation sites (N-methyl/N-ethyl adjacent to an activating group) is 2. The lowest BCUT2D eigenvalue weighted by molar-refractivity contribution is -0.933. The molecule has 2 heterocycles. The molecule has 2 aromatic carbocycles. The standard InChI is InChI=1S/C42H61ClN8O7/c1-49(21-8-26-55-3)36(52)29-57-34-17-13-31(14-18-34)10-5-23-51(25-7-12-33(28-51)46-42(54)38-40(44)48-41(45)39(43)47-38)24-6-11-32-15-19-35(20-16-32)58-30-37(53)50(2)22-9-27-56-4/h13-20,33H,5-12,21-30H2,1-4H3,(H4-,44,45,46,48,54)/p+1/t33-/m0/s1. The van der Waals surface area contributed by atoms with E-state index in [4.69, 9.17) is 42.0 Å². The molecule has 3 aromatic rings. The highest BCUT2D eigenvalue weighted by Gasteiger charge is 2.35. The monoisotopic (exact) mass is 825 g/mol. The Labute approximate surface area is 347 Å². The number of aromatic nitrogens is 2. The summed E-state index contributed by atoms with van der Waals surface area (Å²) in [6.45, 7) is 6.05. The maximum atomic E-state index is 13.3. The van der Waals surface area contributed by atoms with Crippen LogP contribution >= 0.6 is 11.6 Å². The summed E-state index contributed by atoms with van der Waals surface area (Å²) in [5.41, 5.74) is 14.1. The molecule has 15 nitrogen and oxygen atoms in total. The van der Waals surface area contributed by atoms with Crippen LogP contribution in [0.25, 0.3) is 0 Å². The van der Waals surface area contributed by atoms with E-state index in [9.17, 15) is 14.4 Å². The molecule has 1 saturated heterocycles. The number of likely N-dealkylation sites (tertiary alicyclic amines) is 1. The molecule has 1 aromatic heterocycles. The van der Waals surface area contributed by atoms with Gasteiger partial charge in [0.25, 0.3) is 17.7 Å². The Morgan fingerprint density at radius 1 is 0.776 bits per heavy atom. The first-order valence-electron chi connectivity index (χ1n) is 20.1. The minimum atomic E-state index is -0.416. The summed E-state index contributed by atoms with van der Waals surface area (Å²) in [5, 5.41) is 3.10. The van der Waals surface area contributed by atoms with Crippen molar-refractivity contribution in [2.45, 2.75) is 57.4 Å². The van der Waals surface area contributed by atoms with Gasteiger partial charge in [-0.25, -0.2) is 9.97 Å². The minimum Gasteiger partial charge on any atom is -0.484 e. The highest BCUT2D eigenvalue weighted by atomic mass is 35.5. The fraction of sp³-hybridized carbons (Fsp3) is 0.548. The first-order chi connectivity index (χ1) is 27.9. The molecule has 0 saturated carbocycles. The van der Waals surface area contributed by atoms with Crippen LogP contribution < -0.4 is 26.3 Å². The van der Waals surface area contributed by atoms with E-state index in [0.29, 0.717) is 37.8 Å². The number of nitrogen functional groups attached to an aromatic ring is 2. The normalized spacial score (nSPS) is 14.7. The molecule has 0 spiro atoms. The van der Waals surface area contributed by atoms with Gasteiger partial charge in [0.15, 0.2) is 35.7 Å². The van der Waals surface area contributed by atoms with Crippen LogP contribution in [0.1, 0.15) is 60.1 Å². The molecule has 1 fully saturated rings. The van der Waals surface area contributed by atoms with Crippen molar-refractivity contribution in [3.63, 3.8) is 0 Å². The second kappa shape index (κ2) is 23.6. The van der Waals surface area contributed by atoms with Crippen LogP contribution in [0.5, 0.6) is 11.5 Å². The average Bonchev–Trinajstić information content (AvgIpc) is 3.21. The first-order valence-corrected chi connectivity index (χ1v) is 20.4. The Hall–Kier alpha value is -4.70. The number of piperidine rings is 1. The highest BCUT2D eigenvalue weighted by Crippen LogP contribution is 2.25. The average molecular weight is 826 g/mol. The quantitative estimate of drug-likeness (QED) is 0.0876. The zero-order chi connectivity index (χ0) is 41.9. The number of benzene rings is 2. The highest BCUT2D eigenvalue weighted by molar-refractivity contribution is 6.31. The molecule has 1 aliphatic rings. The Kier molecular flexibility index (Phi) is 18.7. The number of rotatable bonds is 24. The molecule has 58 heavy (non-hydrogen) atoms. The third-order valence-corrected chi connectivity index (χ3v) is 10.8. The van der Waals surface area contributed by atoms with Crippen molar-refractivity contribution in [1.29, 1.82) is 0 Å². The summed E-state index contributed by atoms with van der Waals surface area (Å²) in [6, 6.07) is 15.8. The number of ether oxygens (including phenoxy) is 4. The van der Waals surface area contributed by atoms with Gasteiger partial charge >= 0.3 is 0 Å². The molecule has 4 rings (SSSR count). The smallest absolute Gasteiger partial charge is 0.274 e. The summed E-state index contributed by atoms with van der Waals surface area (Å²) in [4.78, 5) is 49.6. The largest absolute Gasteiger partial charge is 0.484 e. The Morgan fingerprint density at radius 2 is 1.28 bits per heavy atom. The zero-order valence-corrected chi connectivity index (χ0v) is 35.3. The number of hydrogen-bond donors (Lipinski definition) is 3. The van der Waals surface area contributed by atoms with E-state index in [2.05, 4.69) is 39.6 Å². The van der Waals surface area contributed by atoms with Crippen LogP contribution in [0.15, 0.2) is 48.5 Å². The van der Waals surface area contributed by atoms with Crippen molar-refractivity contribution in [1.82, 2.24) is 25.1 Å². The van der Waals surface area contributed by atoms with Gasteiger partial charge < -0.3 is 50.0 Å². The van der Waals surface area contributed by atoms with Crippen molar-refractivity contribution in [2.75, 3.05) is 105 Å². The fourth-order valence-corrected chi connectivity index (χ4v) is 7.34. The van der Waals surface area contributed by atoms with E-state index in [0.717, 1.165) is 82.0 Å². The number of nitrogens with two attached hydrogens (primary N) is 2. The lowest BCUT2D eigenvalue weighted by Gasteiger charge is -2.45. The van der Waals surface area contributed by atoms with Gasteiger partial charge in [-0.3, -0.25) is 14.4 Å². The number of carbonyl (C=O) groups is 3. The Morgan fingerprint density at radius 3 is 1.76 bits per heavy atom. The summed E-state index contributed by atoms with van der Waals surface area (Å²) in [7, 11) is 6.83. The number of hydrogen-bond acceptors (Lipinski definition) is 11. The van der Waals surface area contributed by atoms with Crippen LogP contribution in [-0.2, 0) is 31.9 Å². The fourth-order valence-electron chi connectivity index (χ4n) is 7.22. The van der Waals surface area contributed by atoms with Gasteiger partial charge in [-0.1, -0.05) is 35.9 Å². The number of aryl methyl sites for hydroxylation is 2. The molecular formula is C42H62ClN8O7+. The van der Waals surface area contributed by atoms with Crippen molar-refractivity contribution in [2.24, 2.45) is 0 Å². The second-order valence-electron chi connectivity index (χ2n) is 15.0. The lowest BCUT2D eigenvalue weighted by Crippen LogP contribution is -2.60. The van der Waals surface area contributed by atoms with Crippen molar-refractivity contribution >= 4 is 41.0 Å². The van der Waals surface area contributed by atoms with E-state index in [-0.39, 0.29) is 53.6 Å². The summed E-state index contributed by atoms with van der Waals surface area (Å²) < 4.78 is 22.6. The number of quaternary nitrogens is 1. The molecule has 0 bridgehead atoms. The number of carbonyl (C=O) groups excluding carboxylic acids is 3. The number of halogens is 1. The topological polar surface area (TPSA) is 184 Å². The summed E-state index contributed by atoms with van der Waals surface area (Å²) in [6.07, 6.45) is 6.98. The molecule has 16 heteroatoms. The first kappa shape index (κ1) is 46.0. The number of anilines is 2. The van der Waals surface area contributed by atoms with Crippen LogP contribution in [-0.4, -0.2) is 142 Å². The molecule has 0 aliphatic carbocycles. The maximum Gasteiger partial charge on any atom is 0.274 e. The van der Waals surface area contributed by atoms with Crippen LogP contribution in [0, 0.1) is 0 Å². The SMILES string of the molecule is COCCCN(C)C(=O)COc1ccc(CCC[N+]2(CCCc3ccc(OCC(=O)N(C)CCCOC)cc3)CCC[C@H](NC(=O)c3nc(Cl)c(N)nc3N)C2)cc1. The molecular weight excluding hydrogens is 764 g/mol. The number of amides is 3. The van der Waals surface area contributed by atoms with Crippen molar-refractivity contribution in [3.8, 4) is 11.5 Å². The van der Waals surface area contributed by atoms with E-state index in [1.54, 1.807) is 38.1 Å². The van der Waals surface area contributed by atoms with E-state index >= 15 is 0 Å². The lowest BCUT2D eigenvalue weighted by atomic mass is 9.99. The second-order valence-corrected chi connectivity index (χ2v) is 15.4. The molecule has 0 unspecified atom stereocenters. The van der Waals surface area contributed by atoms with E-state index < -0.39 is 5.91 Å². The Bertz CT molecular complexity index is 1670. The Balaban J connectivity index is 1.34. The predicted octanol–water partition coefficient (Wildman–Crippen LogP) is 4.02. The molecule has 5 N–H and O–H groups in total. The van der Waals surface area contributed by atoms with Crippen LogP contribution in [0.3, 0.4) is 0 Å². The zero-order valence-electron chi connectivity index (χ0n) is 34.6. The van der Waals surface area contributed by atoms with Gasteiger partial charge in [0.2, 0.25) is 0 Å². The van der Waals surface area contributed by atoms with E-state index in [1.165, 1.54) is 11.1 Å². The third kappa shape index (κ3) is 14.9. The van der Waals surface area contributed by atoms with Gasteiger partial charge in [-0.15, -0.1) is 0 Å². The summed E-state index contributed by atoms with van der Waals surface area (Å²) >= 11 is 6.08. The van der Waals surface area contributed by atoms with Crippen LogP contribution in [0.2, 0.25) is 5.15 Å². The van der Waals surface area contributed by atoms with Gasteiger partial charge in [-0.05, 0) is 73.9 Å². The number of nitrogens with zero attached hydrogens (tertiary/aromatic N) is 5. The maximum absolute atomic E-state index is 13.3. The van der Waals surface area contributed by atoms with Gasteiger partial charge in [0.05, 0.1) is 32.2 Å². The van der Waals surface area contributed by atoms with Gasteiger partial charge in [0, 0.05) is 67.5 Å². The molecule has 3 amide bonds. The molecule has 0 radical (unpaired) electrons. The van der Waals surface area contributed by atoms with Gasteiger partial charge in [-0.2, -0.15) is 0 Å². The molecule has 318 valence electrons. The third-order valence-electron chi connectivity index (χ3n) is 10.6. The molecule has 1 aliphatic heterocycles. The van der Waals surface area contributed by atoms with Crippen molar-refractivity contribution in [3.05, 3.63) is 70.5 Å². The van der Waals surface area contributed by atoms with E-state index in [1.807, 2.05) is 24.3 Å². The molecule has 1 atom stereocenters.